The van der Waals surface area contributed by atoms with Crippen LogP contribution >= 0.6 is 0 Å². The normalized spacial score (nSPS) is 42.9. The van der Waals surface area contributed by atoms with Gasteiger partial charge in [0, 0.05) is 5.41 Å². The lowest BCUT2D eigenvalue weighted by Crippen LogP contribution is -2.45. The smallest absolute Gasteiger partial charge is 0.0578 e. The first-order chi connectivity index (χ1) is 14.2. The Bertz CT molecular complexity index is 727. The van der Waals surface area contributed by atoms with Crippen LogP contribution in [0.25, 0.3) is 0 Å². The van der Waals surface area contributed by atoms with Crippen molar-refractivity contribution in [1.29, 1.82) is 0 Å². The van der Waals surface area contributed by atoms with E-state index in [2.05, 4.69) is 65.8 Å². The highest BCUT2D eigenvalue weighted by Crippen LogP contribution is 2.65. The summed E-state index contributed by atoms with van der Waals surface area (Å²) in [5, 5.41) is 10.2. The van der Waals surface area contributed by atoms with E-state index in [1.807, 2.05) is 0 Å². The second-order valence-corrected chi connectivity index (χ2v) is 12.0. The quantitative estimate of drug-likeness (QED) is 0.460. The van der Waals surface area contributed by atoms with E-state index in [4.69, 9.17) is 0 Å². The molecule has 4 aliphatic carbocycles. The van der Waals surface area contributed by atoms with Crippen molar-refractivity contribution in [2.24, 2.45) is 46.3 Å². The molecule has 1 nitrogen and oxygen atoms in total. The van der Waals surface area contributed by atoms with Crippen LogP contribution < -0.4 is 0 Å². The number of aliphatic hydroxyl groups excluding tert-OH is 1. The summed E-state index contributed by atoms with van der Waals surface area (Å²) in [4.78, 5) is 0. The molecular weight excluding hydrogens is 364 g/mol. The average Bonchev–Trinajstić information content (AvgIpc) is 3.06. The number of fused-ring (bicyclic) bond motifs is 5. The molecule has 4 aliphatic rings. The van der Waals surface area contributed by atoms with E-state index in [0.717, 1.165) is 48.9 Å². The fourth-order valence-corrected chi connectivity index (χ4v) is 8.13. The average molecular weight is 411 g/mol. The first kappa shape index (κ1) is 22.4. The Kier molecular flexibility index (Phi) is 6.17. The first-order valence-corrected chi connectivity index (χ1v) is 13.0. The van der Waals surface area contributed by atoms with Gasteiger partial charge in [-0.05, 0) is 92.3 Å². The minimum absolute atomic E-state index is 0.114. The second kappa shape index (κ2) is 8.27. The summed E-state index contributed by atoms with van der Waals surface area (Å²) in [6.07, 6.45) is 19.8. The van der Waals surface area contributed by atoms with Gasteiger partial charge in [-0.3, -0.25) is 0 Å². The van der Waals surface area contributed by atoms with Gasteiger partial charge in [-0.2, -0.15) is 0 Å². The van der Waals surface area contributed by atoms with E-state index in [0.29, 0.717) is 11.3 Å². The minimum atomic E-state index is -0.114. The van der Waals surface area contributed by atoms with Crippen molar-refractivity contribution in [1.82, 2.24) is 0 Å². The minimum Gasteiger partial charge on any atom is -0.393 e. The summed E-state index contributed by atoms with van der Waals surface area (Å²) in [6, 6.07) is 0. The molecule has 1 heteroatoms. The Morgan fingerprint density at radius 3 is 2.57 bits per heavy atom. The topological polar surface area (TPSA) is 20.2 Å². The zero-order chi connectivity index (χ0) is 21.7. The van der Waals surface area contributed by atoms with Crippen LogP contribution in [0, 0.1) is 46.3 Å². The lowest BCUT2D eigenvalue weighted by atomic mass is 9.51. The van der Waals surface area contributed by atoms with E-state index >= 15 is 0 Å². The lowest BCUT2D eigenvalue weighted by molar-refractivity contribution is 0.0664. The molecule has 4 rings (SSSR count). The predicted molar refractivity (Wildman–Crippen MR) is 128 cm³/mol. The van der Waals surface area contributed by atoms with E-state index in [-0.39, 0.29) is 11.5 Å². The van der Waals surface area contributed by atoms with Gasteiger partial charge in [0.25, 0.3) is 0 Å². The van der Waals surface area contributed by atoms with Crippen LogP contribution in [-0.4, -0.2) is 11.2 Å². The molecule has 0 aromatic heterocycles. The Morgan fingerprint density at radius 2 is 1.87 bits per heavy atom. The van der Waals surface area contributed by atoms with Crippen LogP contribution in [0.3, 0.4) is 0 Å². The maximum absolute atomic E-state index is 10.2. The van der Waals surface area contributed by atoms with Gasteiger partial charge in [0.05, 0.1) is 6.10 Å². The van der Waals surface area contributed by atoms with Gasteiger partial charge in [0.2, 0.25) is 0 Å². The standard InChI is InChI=1S/C29H46O/c1-7-21(19(2)3)9-8-20(4)25-12-13-26-24-11-10-22-18-23(30)14-16-28(22,5)27(24)15-17-29(25,26)6/h8-10,15,19-21,23-26,30H,7,11-14,16-18H2,1-6H3/t20-,21-,23+,24+,25-,26+,28+,29-/m1/s1. The number of hydrogen-bond donors (Lipinski definition) is 1. The van der Waals surface area contributed by atoms with E-state index < -0.39 is 0 Å². The third-order valence-corrected chi connectivity index (χ3v) is 10.2. The highest BCUT2D eigenvalue weighted by molar-refractivity contribution is 5.39. The molecule has 0 radical (unpaired) electrons. The molecule has 2 fully saturated rings. The zero-order valence-electron chi connectivity index (χ0n) is 20.5. The Hall–Kier alpha value is -0.820. The van der Waals surface area contributed by atoms with Crippen molar-refractivity contribution >= 4 is 0 Å². The van der Waals surface area contributed by atoms with Gasteiger partial charge in [-0.1, -0.05) is 77.0 Å². The molecule has 0 saturated heterocycles. The molecule has 0 amide bonds. The molecule has 0 unspecified atom stereocenters. The summed E-state index contributed by atoms with van der Waals surface area (Å²) in [7, 11) is 0. The molecule has 8 atom stereocenters. The second-order valence-electron chi connectivity index (χ2n) is 12.0. The lowest BCUT2D eigenvalue weighted by Gasteiger charge is -2.54. The third-order valence-electron chi connectivity index (χ3n) is 10.2. The summed E-state index contributed by atoms with van der Waals surface area (Å²) in [5.74, 6) is 4.53. The SMILES string of the molecule is CC[C@H](C=C[C@@H](C)[C@H]1CC[C@H]2[C@@H]3CC=C4C[C@@H](O)CC[C@]4(C)C3=CC[C@]12C)C(C)C. The molecule has 0 aromatic carbocycles. The van der Waals surface area contributed by atoms with Crippen LogP contribution in [-0.2, 0) is 0 Å². The molecule has 1 N–H and O–H groups in total. The molecule has 2 saturated carbocycles. The number of hydrogen-bond acceptors (Lipinski definition) is 1. The molecule has 30 heavy (non-hydrogen) atoms. The van der Waals surface area contributed by atoms with Gasteiger partial charge in [-0.25, -0.2) is 0 Å². The van der Waals surface area contributed by atoms with Crippen LogP contribution in [0.4, 0.5) is 0 Å². The molecule has 0 spiro atoms. The van der Waals surface area contributed by atoms with Gasteiger partial charge >= 0.3 is 0 Å². The van der Waals surface area contributed by atoms with Gasteiger partial charge in [0.1, 0.15) is 0 Å². The van der Waals surface area contributed by atoms with E-state index in [1.165, 1.54) is 37.7 Å². The molecule has 0 bridgehead atoms. The van der Waals surface area contributed by atoms with Crippen LogP contribution in [0.1, 0.15) is 92.9 Å². The largest absolute Gasteiger partial charge is 0.393 e. The molecule has 0 heterocycles. The van der Waals surface area contributed by atoms with Crippen LogP contribution in [0.2, 0.25) is 0 Å². The highest BCUT2D eigenvalue weighted by atomic mass is 16.3. The molecule has 0 aliphatic heterocycles. The van der Waals surface area contributed by atoms with Gasteiger partial charge < -0.3 is 5.11 Å². The maximum atomic E-state index is 10.2. The Labute approximate surface area is 186 Å². The van der Waals surface area contributed by atoms with Crippen molar-refractivity contribution in [3.63, 3.8) is 0 Å². The third kappa shape index (κ3) is 3.58. The van der Waals surface area contributed by atoms with Crippen molar-refractivity contribution in [2.45, 2.75) is 99.0 Å². The van der Waals surface area contributed by atoms with Crippen molar-refractivity contribution in [3.05, 3.63) is 35.5 Å². The summed E-state index contributed by atoms with van der Waals surface area (Å²) >= 11 is 0. The Morgan fingerprint density at radius 1 is 1.10 bits per heavy atom. The van der Waals surface area contributed by atoms with E-state index in [1.54, 1.807) is 5.57 Å². The van der Waals surface area contributed by atoms with Crippen molar-refractivity contribution in [3.8, 4) is 0 Å². The molecule has 168 valence electrons. The van der Waals surface area contributed by atoms with Gasteiger partial charge in [0.15, 0.2) is 0 Å². The summed E-state index contributed by atoms with van der Waals surface area (Å²) in [5.41, 5.74) is 3.98. The molecular formula is C29H46O. The summed E-state index contributed by atoms with van der Waals surface area (Å²) < 4.78 is 0. The number of aliphatic hydroxyl groups is 1. The zero-order valence-corrected chi connectivity index (χ0v) is 20.5. The van der Waals surface area contributed by atoms with Crippen LogP contribution in [0.15, 0.2) is 35.5 Å². The fraction of sp³-hybridized carbons (Fsp3) is 0.793. The predicted octanol–water partition coefficient (Wildman–Crippen LogP) is 7.72. The van der Waals surface area contributed by atoms with E-state index in [9.17, 15) is 5.11 Å². The molecule has 0 aromatic rings. The first-order valence-electron chi connectivity index (χ1n) is 13.0. The van der Waals surface area contributed by atoms with Crippen molar-refractivity contribution in [2.75, 3.05) is 0 Å². The Balaban J connectivity index is 1.55. The monoisotopic (exact) mass is 410 g/mol. The van der Waals surface area contributed by atoms with Crippen LogP contribution in [0.5, 0.6) is 0 Å². The number of allylic oxidation sites excluding steroid dienone is 5. The van der Waals surface area contributed by atoms with Gasteiger partial charge in [-0.15, -0.1) is 0 Å². The highest BCUT2D eigenvalue weighted by Gasteiger charge is 2.56. The number of rotatable bonds is 5. The summed E-state index contributed by atoms with van der Waals surface area (Å²) in [6.45, 7) is 14.6. The fourth-order valence-electron chi connectivity index (χ4n) is 8.13. The van der Waals surface area contributed by atoms with Crippen molar-refractivity contribution < 1.29 is 5.11 Å². The maximum Gasteiger partial charge on any atom is 0.0578 e.